The summed E-state index contributed by atoms with van der Waals surface area (Å²) in [4.78, 5) is 16.9. The maximum Gasteiger partial charge on any atom is 0.427 e. The lowest BCUT2D eigenvalue weighted by molar-refractivity contribution is -0.134. The lowest BCUT2D eigenvalue weighted by Gasteiger charge is -2.16. The summed E-state index contributed by atoms with van der Waals surface area (Å²) in [6, 6.07) is 1.21. The molecule has 6 nitrogen and oxygen atoms in total. The fraction of sp³-hybridized carbons (Fsp3) is 0.462. The van der Waals surface area contributed by atoms with Crippen molar-refractivity contribution < 1.29 is 18.0 Å². The number of carbonyl (C=O) groups is 1. The highest BCUT2D eigenvalue weighted by atomic mass is 32.1. The molecule has 0 aliphatic carbocycles. The summed E-state index contributed by atoms with van der Waals surface area (Å²) < 4.78 is 39.3. The summed E-state index contributed by atoms with van der Waals surface area (Å²) in [6.45, 7) is 2.31. The van der Waals surface area contributed by atoms with Crippen LogP contribution in [0.1, 0.15) is 17.0 Å². The van der Waals surface area contributed by atoms with Crippen LogP contribution in [0.15, 0.2) is 12.3 Å². The number of carbonyl (C=O) groups excluding carboxylic acids is 1. The number of aryl methyl sites for hydroxylation is 2. The molecule has 1 amide bonds. The van der Waals surface area contributed by atoms with E-state index in [1.807, 2.05) is 6.92 Å². The number of nitrogens with zero attached hydrogens (tertiary/aromatic N) is 4. The van der Waals surface area contributed by atoms with Gasteiger partial charge in [-0.25, -0.2) is 4.98 Å². The van der Waals surface area contributed by atoms with Crippen molar-refractivity contribution in [1.82, 2.24) is 14.8 Å². The molecular formula is C13H14F3N5OS. The van der Waals surface area contributed by atoms with Crippen LogP contribution in [0.5, 0.6) is 0 Å². The Hall–Kier alpha value is -2.10. The molecule has 0 aromatic carbocycles. The van der Waals surface area contributed by atoms with Crippen molar-refractivity contribution in [3.8, 4) is 0 Å². The third-order valence-corrected chi connectivity index (χ3v) is 4.52. The molecule has 23 heavy (non-hydrogen) atoms. The summed E-state index contributed by atoms with van der Waals surface area (Å²) in [6.07, 6.45) is -3.16. The Morgan fingerprint density at radius 3 is 2.74 bits per heavy atom. The van der Waals surface area contributed by atoms with Crippen LogP contribution in [0.2, 0.25) is 0 Å². The summed E-state index contributed by atoms with van der Waals surface area (Å²) in [5.74, 6) is 0.476. The highest BCUT2D eigenvalue weighted by molar-refractivity contribution is 7.15. The van der Waals surface area contributed by atoms with Gasteiger partial charge in [0.15, 0.2) is 5.13 Å². The molecule has 1 aliphatic heterocycles. The van der Waals surface area contributed by atoms with Crippen LogP contribution >= 0.6 is 11.3 Å². The van der Waals surface area contributed by atoms with E-state index < -0.39 is 17.1 Å². The number of halogens is 3. The highest BCUT2D eigenvalue weighted by Gasteiger charge is 2.36. The molecule has 1 N–H and O–H groups in total. The molecule has 1 aliphatic rings. The van der Waals surface area contributed by atoms with E-state index in [0.29, 0.717) is 30.1 Å². The molecule has 3 rings (SSSR count). The number of rotatable bonds is 3. The number of aromatic nitrogens is 3. The maximum absolute atomic E-state index is 12.6. The molecule has 0 bridgehead atoms. The molecule has 0 saturated carbocycles. The largest absolute Gasteiger partial charge is 0.427 e. The van der Waals surface area contributed by atoms with E-state index in [2.05, 4.69) is 15.4 Å². The molecule has 1 atom stereocenters. The van der Waals surface area contributed by atoms with Crippen LogP contribution in [-0.4, -0.2) is 33.3 Å². The van der Waals surface area contributed by atoms with Crippen LogP contribution < -0.4 is 10.2 Å². The maximum atomic E-state index is 12.6. The second-order valence-corrected chi connectivity index (χ2v) is 6.30. The second-order valence-electron chi connectivity index (χ2n) is 5.27. The van der Waals surface area contributed by atoms with Gasteiger partial charge in [-0.05, 0) is 13.3 Å². The predicted molar refractivity (Wildman–Crippen MR) is 79.4 cm³/mol. The monoisotopic (exact) mass is 345 g/mol. The van der Waals surface area contributed by atoms with Gasteiger partial charge in [0.25, 0.3) is 5.91 Å². The van der Waals surface area contributed by atoms with Gasteiger partial charge in [0.1, 0.15) is 16.7 Å². The molecule has 2 aromatic heterocycles. The number of anilines is 2. The van der Waals surface area contributed by atoms with E-state index in [1.165, 1.54) is 0 Å². The van der Waals surface area contributed by atoms with Gasteiger partial charge in [0.2, 0.25) is 0 Å². The first-order valence-corrected chi connectivity index (χ1v) is 7.69. The van der Waals surface area contributed by atoms with Gasteiger partial charge < -0.3 is 5.32 Å². The fourth-order valence-electron chi connectivity index (χ4n) is 2.51. The predicted octanol–water partition coefficient (Wildman–Crippen LogP) is 2.42. The number of hydrogen-bond acceptors (Lipinski definition) is 5. The number of nitrogens with one attached hydrogen (secondary N) is 1. The smallest absolute Gasteiger partial charge is 0.350 e. The minimum atomic E-state index is -4.42. The minimum absolute atomic E-state index is 0.0960. The van der Waals surface area contributed by atoms with E-state index in [0.717, 1.165) is 11.9 Å². The van der Waals surface area contributed by atoms with Crippen molar-refractivity contribution in [1.29, 1.82) is 0 Å². The molecule has 1 saturated heterocycles. The third-order valence-electron chi connectivity index (χ3n) is 3.54. The fourth-order valence-corrected chi connectivity index (χ4v) is 3.25. The summed E-state index contributed by atoms with van der Waals surface area (Å²) in [7, 11) is 1.74. The molecule has 2 aromatic rings. The minimum Gasteiger partial charge on any atom is -0.350 e. The van der Waals surface area contributed by atoms with Crippen molar-refractivity contribution in [3.05, 3.63) is 22.8 Å². The Labute approximate surface area is 133 Å². The lowest BCUT2D eigenvalue weighted by atomic mass is 10.2. The summed E-state index contributed by atoms with van der Waals surface area (Å²) >= 11 is 0.497. The van der Waals surface area contributed by atoms with Crippen molar-refractivity contribution in [3.63, 3.8) is 0 Å². The second kappa shape index (κ2) is 5.52. The molecule has 0 radical (unpaired) electrons. The van der Waals surface area contributed by atoms with Gasteiger partial charge in [-0.2, -0.15) is 18.3 Å². The van der Waals surface area contributed by atoms with Crippen LogP contribution in [-0.2, 0) is 18.0 Å². The molecular weight excluding hydrogens is 331 g/mol. The van der Waals surface area contributed by atoms with Crippen LogP contribution in [0.25, 0.3) is 0 Å². The van der Waals surface area contributed by atoms with E-state index >= 15 is 0 Å². The first-order valence-electron chi connectivity index (χ1n) is 6.87. The molecule has 10 heteroatoms. The number of thiazole rings is 1. The lowest BCUT2D eigenvalue weighted by Crippen LogP contribution is -2.34. The molecule has 124 valence electrons. The van der Waals surface area contributed by atoms with Crippen LogP contribution in [0.3, 0.4) is 0 Å². The van der Waals surface area contributed by atoms with Gasteiger partial charge >= 0.3 is 6.18 Å². The Balaban J connectivity index is 1.72. The Kier molecular flexibility index (Phi) is 3.78. The number of alkyl halides is 3. The van der Waals surface area contributed by atoms with Crippen molar-refractivity contribution in [2.24, 2.45) is 7.05 Å². The summed E-state index contributed by atoms with van der Waals surface area (Å²) in [5, 5.41) is 7.09. The normalized spacial score (nSPS) is 18.7. The number of hydrogen-bond donors (Lipinski definition) is 1. The standard InChI is InChI=1S/C13H14F3N5OS/c1-7-5-10(20(2)19-7)21-4-3-8(11(21)22)18-12-17-6-9(23-12)13(14,15)16/h5-6,8H,3-4H2,1-2H3,(H,17,18)/t8-/m0/s1. The summed E-state index contributed by atoms with van der Waals surface area (Å²) in [5.41, 5.74) is 0.793. The first kappa shape index (κ1) is 15.8. The van der Waals surface area contributed by atoms with Crippen molar-refractivity contribution >= 4 is 28.2 Å². The van der Waals surface area contributed by atoms with E-state index in [-0.39, 0.29) is 11.0 Å². The third kappa shape index (κ3) is 3.03. The average molecular weight is 345 g/mol. The van der Waals surface area contributed by atoms with Gasteiger partial charge in [0.05, 0.1) is 11.9 Å². The molecule has 0 spiro atoms. The SMILES string of the molecule is Cc1cc(N2CC[C@H](Nc3ncc(C(F)(F)F)s3)C2=O)n(C)n1. The highest BCUT2D eigenvalue weighted by Crippen LogP contribution is 2.35. The first-order chi connectivity index (χ1) is 10.8. The van der Waals surface area contributed by atoms with Gasteiger partial charge in [-0.15, -0.1) is 0 Å². The number of amides is 1. The van der Waals surface area contributed by atoms with Gasteiger partial charge in [-0.3, -0.25) is 14.4 Å². The zero-order valence-corrected chi connectivity index (χ0v) is 13.2. The van der Waals surface area contributed by atoms with Gasteiger partial charge in [-0.1, -0.05) is 11.3 Å². The Morgan fingerprint density at radius 1 is 1.43 bits per heavy atom. The van der Waals surface area contributed by atoms with Crippen molar-refractivity contribution in [2.45, 2.75) is 25.6 Å². The zero-order chi connectivity index (χ0) is 16.8. The van der Waals surface area contributed by atoms with Crippen LogP contribution in [0, 0.1) is 6.92 Å². The molecule has 0 unspecified atom stereocenters. The van der Waals surface area contributed by atoms with E-state index in [9.17, 15) is 18.0 Å². The topological polar surface area (TPSA) is 63.1 Å². The molecule has 1 fully saturated rings. The van der Waals surface area contributed by atoms with Crippen LogP contribution in [0.4, 0.5) is 24.1 Å². The van der Waals surface area contributed by atoms with E-state index in [4.69, 9.17) is 0 Å². The zero-order valence-electron chi connectivity index (χ0n) is 12.4. The average Bonchev–Trinajstić information content (AvgIpc) is 3.12. The van der Waals surface area contributed by atoms with E-state index in [1.54, 1.807) is 22.7 Å². The quantitative estimate of drug-likeness (QED) is 0.928. The molecule has 3 heterocycles. The van der Waals surface area contributed by atoms with Crippen molar-refractivity contribution in [2.75, 3.05) is 16.8 Å². The Bertz CT molecular complexity index is 738. The Morgan fingerprint density at radius 2 is 2.17 bits per heavy atom. The van der Waals surface area contributed by atoms with Gasteiger partial charge in [0, 0.05) is 19.7 Å².